The molecular weight excluding hydrogens is 373 g/mol. The number of nitrogens with zero attached hydrogens (tertiary/aromatic N) is 2. The van der Waals surface area contributed by atoms with E-state index >= 15 is 0 Å². The molecule has 0 aliphatic carbocycles. The Labute approximate surface area is 160 Å². The Morgan fingerprint density at radius 3 is 3.00 bits per heavy atom. The first-order chi connectivity index (χ1) is 12.6. The van der Waals surface area contributed by atoms with Crippen molar-refractivity contribution < 1.29 is 14.0 Å². The SMILES string of the molecule is O=C(Cc1csc(N2CCCC2=O)n1)NCCSCc1ccccc1F. The van der Waals surface area contributed by atoms with Crippen LogP contribution >= 0.6 is 23.1 Å². The molecule has 3 rings (SSSR count). The number of carbonyl (C=O) groups is 2. The molecule has 5 nitrogen and oxygen atoms in total. The number of thioether (sulfide) groups is 1. The monoisotopic (exact) mass is 393 g/mol. The minimum Gasteiger partial charge on any atom is -0.355 e. The molecular formula is C18H20FN3O2S2. The van der Waals surface area contributed by atoms with Crippen molar-refractivity contribution >= 4 is 40.0 Å². The highest BCUT2D eigenvalue weighted by molar-refractivity contribution is 7.98. The normalized spacial score (nSPS) is 14.0. The van der Waals surface area contributed by atoms with Gasteiger partial charge in [0.2, 0.25) is 11.8 Å². The van der Waals surface area contributed by atoms with E-state index in [1.807, 2.05) is 11.4 Å². The van der Waals surface area contributed by atoms with Crippen LogP contribution in [0.1, 0.15) is 24.1 Å². The Bertz CT molecular complexity index is 781. The fourth-order valence-electron chi connectivity index (χ4n) is 2.64. The number of benzene rings is 1. The van der Waals surface area contributed by atoms with Crippen LogP contribution < -0.4 is 10.2 Å². The maximum absolute atomic E-state index is 13.5. The van der Waals surface area contributed by atoms with Gasteiger partial charge in [-0.05, 0) is 18.1 Å². The predicted octanol–water partition coefficient (Wildman–Crippen LogP) is 3.00. The first-order valence-corrected chi connectivity index (χ1v) is 10.5. The summed E-state index contributed by atoms with van der Waals surface area (Å²) in [6.07, 6.45) is 1.63. The fraction of sp³-hybridized carbons (Fsp3) is 0.389. The van der Waals surface area contributed by atoms with E-state index in [-0.39, 0.29) is 24.1 Å². The molecule has 2 heterocycles. The molecule has 1 N–H and O–H groups in total. The third-order valence-corrected chi connectivity index (χ3v) is 5.89. The van der Waals surface area contributed by atoms with Gasteiger partial charge in [0.05, 0.1) is 12.1 Å². The lowest BCUT2D eigenvalue weighted by Crippen LogP contribution is -2.27. The van der Waals surface area contributed by atoms with E-state index < -0.39 is 0 Å². The quantitative estimate of drug-likeness (QED) is 0.701. The van der Waals surface area contributed by atoms with Crippen LogP contribution in [0.3, 0.4) is 0 Å². The van der Waals surface area contributed by atoms with Crippen molar-refractivity contribution in [2.45, 2.75) is 25.0 Å². The number of amides is 2. The molecule has 1 fully saturated rings. The van der Waals surface area contributed by atoms with Gasteiger partial charge in [-0.1, -0.05) is 18.2 Å². The van der Waals surface area contributed by atoms with Gasteiger partial charge in [0, 0.05) is 36.4 Å². The summed E-state index contributed by atoms with van der Waals surface area (Å²) >= 11 is 2.98. The summed E-state index contributed by atoms with van der Waals surface area (Å²) in [5.41, 5.74) is 1.36. The van der Waals surface area contributed by atoms with Gasteiger partial charge >= 0.3 is 0 Å². The van der Waals surface area contributed by atoms with Crippen LogP contribution in [0, 0.1) is 5.82 Å². The van der Waals surface area contributed by atoms with Gasteiger partial charge in [-0.2, -0.15) is 11.8 Å². The summed E-state index contributed by atoms with van der Waals surface area (Å²) < 4.78 is 13.5. The molecule has 2 amide bonds. The van der Waals surface area contributed by atoms with Gasteiger partial charge in [-0.15, -0.1) is 11.3 Å². The van der Waals surface area contributed by atoms with E-state index in [0.717, 1.165) is 6.42 Å². The molecule has 8 heteroatoms. The van der Waals surface area contributed by atoms with Crippen LogP contribution in [0.5, 0.6) is 0 Å². The lowest BCUT2D eigenvalue weighted by atomic mass is 10.2. The first kappa shape index (κ1) is 18.8. The lowest BCUT2D eigenvalue weighted by molar-refractivity contribution is -0.120. The number of halogens is 1. The van der Waals surface area contributed by atoms with Crippen LogP contribution in [-0.2, 0) is 21.8 Å². The van der Waals surface area contributed by atoms with Crippen molar-refractivity contribution in [1.82, 2.24) is 10.3 Å². The second kappa shape index (κ2) is 9.14. The number of nitrogens with one attached hydrogen (secondary N) is 1. The summed E-state index contributed by atoms with van der Waals surface area (Å²) in [5.74, 6) is 1.11. The average molecular weight is 394 g/mol. The van der Waals surface area contributed by atoms with Crippen molar-refractivity contribution in [2.75, 3.05) is 23.7 Å². The molecule has 0 bridgehead atoms. The topological polar surface area (TPSA) is 62.3 Å². The van der Waals surface area contributed by atoms with Gasteiger partial charge in [0.15, 0.2) is 5.13 Å². The number of carbonyl (C=O) groups excluding carboxylic acids is 2. The molecule has 0 unspecified atom stereocenters. The molecule has 26 heavy (non-hydrogen) atoms. The minimum atomic E-state index is -0.195. The molecule has 1 saturated heterocycles. The molecule has 0 spiro atoms. The Balaban J connectivity index is 1.36. The van der Waals surface area contributed by atoms with E-state index in [0.29, 0.717) is 47.4 Å². The number of hydrogen-bond acceptors (Lipinski definition) is 5. The minimum absolute atomic E-state index is 0.0962. The zero-order valence-electron chi connectivity index (χ0n) is 14.2. The van der Waals surface area contributed by atoms with Gasteiger partial charge in [-0.3, -0.25) is 14.5 Å². The van der Waals surface area contributed by atoms with E-state index in [1.165, 1.54) is 17.4 Å². The highest BCUT2D eigenvalue weighted by Crippen LogP contribution is 2.25. The van der Waals surface area contributed by atoms with Crippen molar-refractivity contribution in [3.8, 4) is 0 Å². The van der Waals surface area contributed by atoms with Crippen molar-refractivity contribution in [2.24, 2.45) is 0 Å². The molecule has 0 saturated carbocycles. The fourth-order valence-corrected chi connectivity index (χ4v) is 4.35. The van der Waals surface area contributed by atoms with Gasteiger partial charge in [-0.25, -0.2) is 9.37 Å². The number of aromatic nitrogens is 1. The smallest absolute Gasteiger partial charge is 0.228 e. The zero-order chi connectivity index (χ0) is 18.4. The summed E-state index contributed by atoms with van der Waals surface area (Å²) in [4.78, 5) is 29.8. The lowest BCUT2D eigenvalue weighted by Gasteiger charge is -2.10. The summed E-state index contributed by atoms with van der Waals surface area (Å²) in [7, 11) is 0. The maximum atomic E-state index is 13.5. The van der Waals surface area contributed by atoms with E-state index in [4.69, 9.17) is 0 Å². The number of anilines is 1. The summed E-state index contributed by atoms with van der Waals surface area (Å²) in [5, 5.41) is 5.35. The standard InChI is InChI=1S/C18H20FN3O2S2/c19-15-5-2-1-4-13(15)11-25-9-7-20-16(23)10-14-12-26-18(21-14)22-8-3-6-17(22)24/h1-2,4-5,12H,3,6-11H2,(H,20,23). The van der Waals surface area contributed by atoms with Crippen LogP contribution in [0.15, 0.2) is 29.6 Å². The Morgan fingerprint density at radius 2 is 2.23 bits per heavy atom. The van der Waals surface area contributed by atoms with E-state index in [9.17, 15) is 14.0 Å². The molecule has 0 radical (unpaired) electrons. The second-order valence-electron chi connectivity index (χ2n) is 5.94. The average Bonchev–Trinajstić information content (AvgIpc) is 3.24. The second-order valence-corrected chi connectivity index (χ2v) is 7.88. The van der Waals surface area contributed by atoms with Crippen LogP contribution in [0.4, 0.5) is 9.52 Å². The van der Waals surface area contributed by atoms with Crippen molar-refractivity contribution in [3.05, 3.63) is 46.7 Å². The Morgan fingerprint density at radius 1 is 1.38 bits per heavy atom. The first-order valence-electron chi connectivity index (χ1n) is 8.46. The number of rotatable bonds is 8. The Kier molecular flexibility index (Phi) is 6.62. The molecule has 1 aromatic heterocycles. The van der Waals surface area contributed by atoms with Crippen LogP contribution in [0.25, 0.3) is 0 Å². The molecule has 1 aromatic carbocycles. The van der Waals surface area contributed by atoms with Gasteiger partial charge in [0.1, 0.15) is 5.82 Å². The molecule has 0 atom stereocenters. The van der Waals surface area contributed by atoms with Crippen molar-refractivity contribution in [3.63, 3.8) is 0 Å². The third-order valence-electron chi connectivity index (χ3n) is 3.97. The number of thiazole rings is 1. The predicted molar refractivity (Wildman–Crippen MR) is 103 cm³/mol. The highest BCUT2D eigenvalue weighted by atomic mass is 32.2. The summed E-state index contributed by atoms with van der Waals surface area (Å²) in [6, 6.07) is 6.72. The largest absolute Gasteiger partial charge is 0.355 e. The Hall–Kier alpha value is -1.93. The third kappa shape index (κ3) is 5.04. The van der Waals surface area contributed by atoms with Gasteiger partial charge in [0.25, 0.3) is 0 Å². The van der Waals surface area contributed by atoms with E-state index in [1.54, 1.807) is 28.8 Å². The molecule has 138 valence electrons. The highest BCUT2D eigenvalue weighted by Gasteiger charge is 2.24. The zero-order valence-corrected chi connectivity index (χ0v) is 15.9. The van der Waals surface area contributed by atoms with Crippen molar-refractivity contribution in [1.29, 1.82) is 0 Å². The van der Waals surface area contributed by atoms with Gasteiger partial charge < -0.3 is 5.32 Å². The molecule has 1 aliphatic rings. The molecule has 2 aromatic rings. The van der Waals surface area contributed by atoms with E-state index in [2.05, 4.69) is 10.3 Å². The maximum Gasteiger partial charge on any atom is 0.228 e. The van der Waals surface area contributed by atoms with Crippen LogP contribution in [0.2, 0.25) is 0 Å². The molecule has 1 aliphatic heterocycles. The summed E-state index contributed by atoms with van der Waals surface area (Å²) in [6.45, 7) is 1.23. The van der Waals surface area contributed by atoms with Crippen LogP contribution in [-0.4, -0.2) is 35.6 Å². The number of hydrogen-bond donors (Lipinski definition) is 1.